The molecule has 1 aromatic carbocycles. The predicted molar refractivity (Wildman–Crippen MR) is 94.1 cm³/mol. The van der Waals surface area contributed by atoms with Gasteiger partial charge >= 0.3 is 0 Å². The number of amides is 1. The molecule has 1 saturated heterocycles. The van der Waals surface area contributed by atoms with E-state index < -0.39 is 5.41 Å². The van der Waals surface area contributed by atoms with Crippen LogP contribution in [0, 0.1) is 11.8 Å². The minimum atomic E-state index is -0.485. The molecule has 0 bridgehead atoms. The first-order valence-electron chi connectivity index (χ1n) is 9.16. The van der Waals surface area contributed by atoms with Gasteiger partial charge in [0, 0.05) is 12.6 Å². The van der Waals surface area contributed by atoms with Crippen molar-refractivity contribution in [2.45, 2.75) is 57.4 Å². The second-order valence-electron chi connectivity index (χ2n) is 7.65. The van der Waals surface area contributed by atoms with Crippen molar-refractivity contribution >= 4 is 5.91 Å². The number of benzene rings is 1. The molecular formula is C20H30N2O. The van der Waals surface area contributed by atoms with Crippen molar-refractivity contribution in [3.63, 3.8) is 0 Å². The van der Waals surface area contributed by atoms with Gasteiger partial charge in [0.1, 0.15) is 0 Å². The van der Waals surface area contributed by atoms with Gasteiger partial charge in [0.2, 0.25) is 5.91 Å². The number of likely N-dealkylation sites (tertiary alicyclic amines) is 1. The first-order chi connectivity index (χ1) is 11.1. The molecule has 3 nitrogen and oxygen atoms in total. The molecule has 0 radical (unpaired) electrons. The van der Waals surface area contributed by atoms with E-state index in [1.165, 1.54) is 12.8 Å². The zero-order valence-corrected chi connectivity index (χ0v) is 14.5. The summed E-state index contributed by atoms with van der Waals surface area (Å²) in [5.74, 6) is 0.638. The molecule has 2 N–H and O–H groups in total. The predicted octanol–water partition coefficient (Wildman–Crippen LogP) is 3.33. The van der Waals surface area contributed by atoms with Gasteiger partial charge in [-0.3, -0.25) is 4.79 Å². The molecule has 0 spiro atoms. The summed E-state index contributed by atoms with van der Waals surface area (Å²) in [5, 5.41) is 0. The van der Waals surface area contributed by atoms with Crippen molar-refractivity contribution < 1.29 is 4.79 Å². The third-order valence-corrected chi connectivity index (χ3v) is 6.25. The van der Waals surface area contributed by atoms with E-state index >= 15 is 0 Å². The summed E-state index contributed by atoms with van der Waals surface area (Å²) in [7, 11) is 0. The summed E-state index contributed by atoms with van der Waals surface area (Å²) in [6.45, 7) is 6.56. The van der Waals surface area contributed by atoms with E-state index in [0.29, 0.717) is 17.9 Å². The third-order valence-electron chi connectivity index (χ3n) is 6.25. The first-order valence-corrected chi connectivity index (χ1v) is 9.16. The van der Waals surface area contributed by atoms with E-state index in [9.17, 15) is 4.79 Å². The van der Waals surface area contributed by atoms with Crippen LogP contribution in [0.4, 0.5) is 0 Å². The summed E-state index contributed by atoms with van der Waals surface area (Å²) in [4.78, 5) is 15.4. The van der Waals surface area contributed by atoms with Crippen molar-refractivity contribution in [1.82, 2.24) is 4.90 Å². The van der Waals surface area contributed by atoms with Crippen molar-refractivity contribution in [3.05, 3.63) is 35.9 Å². The van der Waals surface area contributed by atoms with Crippen LogP contribution in [0.3, 0.4) is 0 Å². The van der Waals surface area contributed by atoms with Crippen LogP contribution in [-0.4, -0.2) is 29.9 Å². The Morgan fingerprint density at radius 3 is 2.30 bits per heavy atom. The number of hydrogen-bond donors (Lipinski definition) is 1. The molecule has 23 heavy (non-hydrogen) atoms. The highest BCUT2D eigenvalue weighted by Crippen LogP contribution is 2.49. The lowest BCUT2D eigenvalue weighted by Gasteiger charge is -2.42. The van der Waals surface area contributed by atoms with E-state index in [0.717, 1.165) is 37.9 Å². The van der Waals surface area contributed by atoms with Crippen LogP contribution in [0.2, 0.25) is 0 Å². The smallest absolute Gasteiger partial charge is 0.228 e. The Labute approximate surface area is 140 Å². The van der Waals surface area contributed by atoms with Crippen molar-refractivity contribution in [2.75, 3.05) is 13.1 Å². The number of carbonyl (C=O) groups excluding carboxylic acids is 1. The van der Waals surface area contributed by atoms with Gasteiger partial charge in [-0.2, -0.15) is 0 Å². The lowest BCUT2D eigenvalue weighted by atomic mass is 9.61. The van der Waals surface area contributed by atoms with Crippen LogP contribution >= 0.6 is 0 Å². The fourth-order valence-electron chi connectivity index (χ4n) is 5.07. The number of nitrogens with zero attached hydrogens (tertiary/aromatic N) is 1. The molecule has 1 saturated carbocycles. The topological polar surface area (TPSA) is 46.3 Å². The first kappa shape index (κ1) is 16.5. The maximum Gasteiger partial charge on any atom is 0.228 e. The van der Waals surface area contributed by atoms with Crippen LogP contribution in [-0.2, 0) is 10.2 Å². The van der Waals surface area contributed by atoms with Gasteiger partial charge in [0.05, 0.1) is 5.41 Å². The molecule has 2 atom stereocenters. The van der Waals surface area contributed by atoms with E-state index in [4.69, 9.17) is 5.73 Å². The summed E-state index contributed by atoms with van der Waals surface area (Å²) < 4.78 is 0. The van der Waals surface area contributed by atoms with Crippen LogP contribution in [0.5, 0.6) is 0 Å². The Kier molecular flexibility index (Phi) is 4.77. The minimum Gasteiger partial charge on any atom is -0.369 e. The Morgan fingerprint density at radius 2 is 1.78 bits per heavy atom. The Hall–Kier alpha value is -1.35. The zero-order valence-electron chi connectivity index (χ0n) is 14.5. The molecule has 0 unspecified atom stereocenters. The molecule has 3 heteroatoms. The minimum absolute atomic E-state index is 0.105. The lowest BCUT2D eigenvalue weighted by molar-refractivity contribution is -0.128. The monoisotopic (exact) mass is 314 g/mol. The van der Waals surface area contributed by atoms with Gasteiger partial charge < -0.3 is 10.6 Å². The van der Waals surface area contributed by atoms with Crippen LogP contribution in [0.15, 0.2) is 30.3 Å². The highest BCUT2D eigenvalue weighted by atomic mass is 16.1. The van der Waals surface area contributed by atoms with E-state index in [1.54, 1.807) is 0 Å². The Bertz CT molecular complexity index is 536. The molecule has 2 fully saturated rings. The number of nitrogens with two attached hydrogens (primary N) is 1. The lowest BCUT2D eigenvalue weighted by Crippen LogP contribution is -2.53. The van der Waals surface area contributed by atoms with Crippen LogP contribution in [0.1, 0.15) is 51.5 Å². The number of primary amides is 1. The van der Waals surface area contributed by atoms with E-state index in [1.807, 2.05) is 6.07 Å². The van der Waals surface area contributed by atoms with Crippen molar-refractivity contribution in [1.29, 1.82) is 0 Å². The van der Waals surface area contributed by atoms with Crippen molar-refractivity contribution in [2.24, 2.45) is 17.6 Å². The summed E-state index contributed by atoms with van der Waals surface area (Å²) in [6, 6.07) is 10.9. The number of rotatable bonds is 5. The van der Waals surface area contributed by atoms with Crippen molar-refractivity contribution in [3.8, 4) is 0 Å². The van der Waals surface area contributed by atoms with Gasteiger partial charge in [0.25, 0.3) is 0 Å². The molecule has 1 amide bonds. The fraction of sp³-hybridized carbons (Fsp3) is 0.650. The van der Waals surface area contributed by atoms with Gasteiger partial charge in [-0.25, -0.2) is 0 Å². The second kappa shape index (κ2) is 6.64. The quantitative estimate of drug-likeness (QED) is 0.906. The highest BCUT2D eigenvalue weighted by molar-refractivity contribution is 5.87. The molecule has 1 aromatic rings. The molecule has 0 aromatic heterocycles. The molecule has 2 aliphatic rings. The number of hydrogen-bond acceptors (Lipinski definition) is 2. The Balaban J connectivity index is 2.04. The second-order valence-corrected chi connectivity index (χ2v) is 7.65. The molecule has 1 aliphatic carbocycles. The standard InChI is InChI=1S/C20H30N2O/c1-15(2)22-13-12-18(14-22)20(19(21)23,17-10-6-7-11-17)16-8-4-3-5-9-16/h3-5,8-9,15,17-18H,6-7,10-14H2,1-2H3,(H2,21,23)/t18-,20-/m0/s1. The van der Waals surface area contributed by atoms with Gasteiger partial charge in [-0.05, 0) is 57.1 Å². The summed E-state index contributed by atoms with van der Waals surface area (Å²) >= 11 is 0. The Morgan fingerprint density at radius 1 is 1.13 bits per heavy atom. The zero-order chi connectivity index (χ0) is 16.4. The third kappa shape index (κ3) is 2.80. The summed E-state index contributed by atoms with van der Waals surface area (Å²) in [6.07, 6.45) is 5.80. The average molecular weight is 314 g/mol. The van der Waals surface area contributed by atoms with E-state index in [-0.39, 0.29) is 5.91 Å². The molecule has 126 valence electrons. The molecule has 3 rings (SSSR count). The normalized spacial score (nSPS) is 25.8. The molecular weight excluding hydrogens is 284 g/mol. The molecule has 1 aliphatic heterocycles. The largest absolute Gasteiger partial charge is 0.369 e. The maximum absolute atomic E-state index is 12.9. The fourth-order valence-corrected chi connectivity index (χ4v) is 5.07. The van der Waals surface area contributed by atoms with E-state index in [2.05, 4.69) is 43.0 Å². The van der Waals surface area contributed by atoms with Crippen LogP contribution in [0.25, 0.3) is 0 Å². The van der Waals surface area contributed by atoms with Crippen LogP contribution < -0.4 is 5.73 Å². The SMILES string of the molecule is CC(C)N1CC[C@H]([C@](C(N)=O)(c2ccccc2)C2CCCC2)C1. The highest BCUT2D eigenvalue weighted by Gasteiger charge is 2.53. The molecule has 1 heterocycles. The summed E-state index contributed by atoms with van der Waals surface area (Å²) in [5.41, 5.74) is 6.79. The van der Waals surface area contributed by atoms with Gasteiger partial charge in [0.15, 0.2) is 0 Å². The van der Waals surface area contributed by atoms with Gasteiger partial charge in [-0.1, -0.05) is 43.2 Å². The number of carbonyl (C=O) groups is 1. The maximum atomic E-state index is 12.9. The average Bonchev–Trinajstić information content (AvgIpc) is 3.21. The van der Waals surface area contributed by atoms with Gasteiger partial charge in [-0.15, -0.1) is 0 Å².